The Labute approximate surface area is 144 Å². The molecule has 132 valence electrons. The zero-order valence-corrected chi connectivity index (χ0v) is 15.2. The van der Waals surface area contributed by atoms with Crippen LogP contribution in [-0.4, -0.2) is 22.3 Å². The van der Waals surface area contributed by atoms with Crippen LogP contribution in [0, 0.1) is 28.6 Å². The molecule has 0 radical (unpaired) electrons. The summed E-state index contributed by atoms with van der Waals surface area (Å²) in [6.45, 7) is 6.10. The van der Waals surface area contributed by atoms with Gasteiger partial charge in [-0.3, -0.25) is 9.59 Å². The van der Waals surface area contributed by atoms with Gasteiger partial charge in [0.25, 0.3) is 0 Å². The Morgan fingerprint density at radius 1 is 1.08 bits per heavy atom. The maximum absolute atomic E-state index is 12.2. The van der Waals surface area contributed by atoms with Crippen molar-refractivity contribution in [2.45, 2.75) is 77.7 Å². The molecule has 0 aromatic carbocycles. The van der Waals surface area contributed by atoms with Gasteiger partial charge in [-0.2, -0.15) is 0 Å². The molecule has 0 spiro atoms. The number of carbonyl (C=O) groups is 2. The van der Waals surface area contributed by atoms with Crippen molar-refractivity contribution in [2.24, 2.45) is 28.6 Å². The topological polar surface area (TPSA) is 54.4 Å². The van der Waals surface area contributed by atoms with Gasteiger partial charge >= 0.3 is 0 Å². The SMILES string of the molecule is CC(=O)[C@@]1(O)CC[C@H]2[C@H]3CCC4=CC(=O)CC[C@]4(C)[C@H]3CC[C@@]21C. The molecular weight excluding hydrogens is 300 g/mol. The van der Waals surface area contributed by atoms with Gasteiger partial charge in [0, 0.05) is 11.8 Å². The van der Waals surface area contributed by atoms with E-state index < -0.39 is 5.60 Å². The van der Waals surface area contributed by atoms with E-state index in [0.717, 1.165) is 38.5 Å². The monoisotopic (exact) mass is 330 g/mol. The van der Waals surface area contributed by atoms with E-state index in [1.807, 2.05) is 6.08 Å². The molecule has 3 saturated carbocycles. The molecule has 6 atom stereocenters. The maximum Gasteiger partial charge on any atom is 0.161 e. The van der Waals surface area contributed by atoms with Gasteiger partial charge in [-0.1, -0.05) is 19.4 Å². The molecule has 0 aromatic rings. The summed E-state index contributed by atoms with van der Waals surface area (Å²) in [7, 11) is 0. The van der Waals surface area contributed by atoms with Gasteiger partial charge < -0.3 is 5.11 Å². The minimum absolute atomic E-state index is 0.0446. The van der Waals surface area contributed by atoms with Crippen molar-refractivity contribution in [3.05, 3.63) is 11.6 Å². The summed E-state index contributed by atoms with van der Waals surface area (Å²) < 4.78 is 0. The van der Waals surface area contributed by atoms with Gasteiger partial charge in [-0.05, 0) is 81.1 Å². The molecule has 0 unspecified atom stereocenters. The highest BCUT2D eigenvalue weighted by atomic mass is 16.3. The maximum atomic E-state index is 12.2. The first kappa shape index (κ1) is 16.5. The fraction of sp³-hybridized carbons (Fsp3) is 0.810. The van der Waals surface area contributed by atoms with Crippen LogP contribution in [0.5, 0.6) is 0 Å². The highest BCUT2D eigenvalue weighted by Crippen LogP contribution is 2.67. The van der Waals surface area contributed by atoms with E-state index in [0.29, 0.717) is 36.4 Å². The van der Waals surface area contributed by atoms with Crippen LogP contribution in [0.25, 0.3) is 0 Å². The lowest BCUT2D eigenvalue weighted by Gasteiger charge is -2.58. The molecule has 0 aliphatic heterocycles. The Morgan fingerprint density at radius 3 is 2.50 bits per heavy atom. The summed E-state index contributed by atoms with van der Waals surface area (Å²) in [6, 6.07) is 0. The van der Waals surface area contributed by atoms with Gasteiger partial charge in [-0.15, -0.1) is 0 Å². The second-order valence-corrected chi connectivity index (χ2v) is 9.38. The van der Waals surface area contributed by atoms with Crippen molar-refractivity contribution < 1.29 is 14.7 Å². The van der Waals surface area contributed by atoms with E-state index in [1.165, 1.54) is 5.57 Å². The number of carbonyl (C=O) groups excluding carboxylic acids is 2. The second-order valence-electron chi connectivity index (χ2n) is 9.38. The van der Waals surface area contributed by atoms with E-state index in [4.69, 9.17) is 0 Å². The van der Waals surface area contributed by atoms with Gasteiger partial charge in [-0.25, -0.2) is 0 Å². The molecule has 1 N–H and O–H groups in total. The number of ketones is 2. The second kappa shape index (κ2) is 5.03. The summed E-state index contributed by atoms with van der Waals surface area (Å²) in [5, 5.41) is 11.1. The molecule has 3 heteroatoms. The number of hydrogen-bond donors (Lipinski definition) is 1. The zero-order chi connectivity index (χ0) is 17.3. The van der Waals surface area contributed by atoms with Crippen LogP contribution in [0.15, 0.2) is 11.6 Å². The molecule has 0 saturated heterocycles. The van der Waals surface area contributed by atoms with E-state index >= 15 is 0 Å². The Morgan fingerprint density at radius 2 is 1.79 bits per heavy atom. The van der Waals surface area contributed by atoms with E-state index in [-0.39, 0.29) is 16.6 Å². The van der Waals surface area contributed by atoms with Gasteiger partial charge in [0.15, 0.2) is 11.6 Å². The molecule has 4 aliphatic rings. The summed E-state index contributed by atoms with van der Waals surface area (Å²) in [6.07, 6.45) is 9.37. The minimum atomic E-state index is -1.12. The normalized spacial score (nSPS) is 50.6. The van der Waals surface area contributed by atoms with Crippen LogP contribution in [-0.2, 0) is 9.59 Å². The third-order valence-corrected chi connectivity index (χ3v) is 8.70. The van der Waals surface area contributed by atoms with E-state index in [9.17, 15) is 14.7 Å². The van der Waals surface area contributed by atoms with Crippen LogP contribution >= 0.6 is 0 Å². The number of hydrogen-bond acceptors (Lipinski definition) is 3. The highest BCUT2D eigenvalue weighted by molar-refractivity contribution is 5.91. The fourth-order valence-electron chi connectivity index (χ4n) is 7.15. The smallest absolute Gasteiger partial charge is 0.161 e. The molecule has 0 aromatic heterocycles. The molecule has 24 heavy (non-hydrogen) atoms. The predicted octanol–water partition coefficient (Wildman–Crippen LogP) is 3.84. The molecule has 3 nitrogen and oxygen atoms in total. The molecule has 0 heterocycles. The first-order valence-electron chi connectivity index (χ1n) is 9.70. The van der Waals surface area contributed by atoms with E-state index in [2.05, 4.69) is 13.8 Å². The number of Topliss-reactive ketones (excluding diaryl/α,β-unsaturated/α-hetero) is 1. The number of allylic oxidation sites excluding steroid dienone is 1. The number of rotatable bonds is 1. The number of fused-ring (bicyclic) bond motifs is 5. The summed E-state index contributed by atoms with van der Waals surface area (Å²) in [5.74, 6) is 1.90. The fourth-order valence-corrected chi connectivity index (χ4v) is 7.15. The third-order valence-electron chi connectivity index (χ3n) is 8.70. The largest absolute Gasteiger partial charge is 0.382 e. The molecule has 4 aliphatic carbocycles. The summed E-state index contributed by atoms with van der Waals surface area (Å²) in [5.41, 5.74) is 0.155. The first-order valence-corrected chi connectivity index (χ1v) is 9.70. The third kappa shape index (κ3) is 1.88. The molecule has 0 bridgehead atoms. The van der Waals surface area contributed by atoms with Crippen molar-refractivity contribution in [1.29, 1.82) is 0 Å². The average molecular weight is 330 g/mol. The quantitative estimate of drug-likeness (QED) is 0.795. The van der Waals surface area contributed by atoms with Crippen LogP contribution in [0.1, 0.15) is 72.1 Å². The summed E-state index contributed by atoms with van der Waals surface area (Å²) >= 11 is 0. The van der Waals surface area contributed by atoms with E-state index in [1.54, 1.807) is 6.92 Å². The highest BCUT2D eigenvalue weighted by Gasteiger charge is 2.65. The van der Waals surface area contributed by atoms with Crippen molar-refractivity contribution in [2.75, 3.05) is 0 Å². The molecular formula is C21H30O3. The minimum Gasteiger partial charge on any atom is -0.382 e. The lowest BCUT2D eigenvalue weighted by atomic mass is 9.46. The molecule has 3 fully saturated rings. The number of aliphatic hydroxyl groups is 1. The molecule has 4 rings (SSSR count). The van der Waals surface area contributed by atoms with Crippen molar-refractivity contribution >= 4 is 11.6 Å². The van der Waals surface area contributed by atoms with Crippen LogP contribution in [0.2, 0.25) is 0 Å². The first-order chi connectivity index (χ1) is 11.2. The summed E-state index contributed by atoms with van der Waals surface area (Å²) in [4.78, 5) is 24.1. The Bertz CT molecular complexity index is 635. The lowest BCUT2D eigenvalue weighted by Crippen LogP contribution is -2.57. The lowest BCUT2D eigenvalue weighted by molar-refractivity contribution is -0.160. The van der Waals surface area contributed by atoms with Crippen LogP contribution in [0.3, 0.4) is 0 Å². The van der Waals surface area contributed by atoms with Crippen molar-refractivity contribution in [3.63, 3.8) is 0 Å². The Balaban J connectivity index is 1.70. The van der Waals surface area contributed by atoms with Crippen molar-refractivity contribution in [1.82, 2.24) is 0 Å². The average Bonchev–Trinajstić information content (AvgIpc) is 2.81. The van der Waals surface area contributed by atoms with Crippen LogP contribution in [0.4, 0.5) is 0 Å². The Kier molecular flexibility index (Phi) is 3.46. The van der Waals surface area contributed by atoms with Crippen LogP contribution < -0.4 is 0 Å². The predicted molar refractivity (Wildman–Crippen MR) is 92.3 cm³/mol. The Hall–Kier alpha value is -0.960. The van der Waals surface area contributed by atoms with Gasteiger partial charge in [0.1, 0.15) is 5.60 Å². The standard InChI is InChI=1S/C21H30O3/c1-13(22)21(24)11-8-18-16-5-4-14-12-15(23)6-9-19(14,2)17(16)7-10-20(18,21)3/h12,16-18,24H,4-11H2,1-3H3/t16-,17-,18-,19-,20-,21-/m0/s1. The van der Waals surface area contributed by atoms with Gasteiger partial charge in [0.05, 0.1) is 0 Å². The van der Waals surface area contributed by atoms with Crippen molar-refractivity contribution in [3.8, 4) is 0 Å². The van der Waals surface area contributed by atoms with Gasteiger partial charge in [0.2, 0.25) is 0 Å². The zero-order valence-electron chi connectivity index (χ0n) is 15.2. The molecule has 0 amide bonds.